The van der Waals surface area contributed by atoms with Gasteiger partial charge in [-0.3, -0.25) is 4.98 Å². The molecule has 2 saturated heterocycles. The average molecular weight is 272 g/mol. The van der Waals surface area contributed by atoms with Crippen LogP contribution in [0.2, 0.25) is 0 Å². The molecular formula is C16H24N4. The van der Waals surface area contributed by atoms with Crippen molar-refractivity contribution in [3.63, 3.8) is 0 Å². The molecule has 3 heterocycles. The van der Waals surface area contributed by atoms with Gasteiger partial charge in [-0.25, -0.2) is 4.98 Å². The van der Waals surface area contributed by atoms with Gasteiger partial charge in [0.15, 0.2) is 0 Å². The minimum atomic E-state index is 0.839. The van der Waals surface area contributed by atoms with E-state index in [1.54, 1.807) is 12.4 Å². The summed E-state index contributed by atoms with van der Waals surface area (Å²) < 4.78 is 0. The number of rotatable bonds is 3. The Kier molecular flexibility index (Phi) is 3.34. The number of hydrogen-bond acceptors (Lipinski definition) is 4. The fourth-order valence-electron chi connectivity index (χ4n) is 4.12. The van der Waals surface area contributed by atoms with E-state index < -0.39 is 0 Å². The average Bonchev–Trinajstić information content (AvgIpc) is 2.85. The lowest BCUT2D eigenvalue weighted by atomic mass is 9.85. The normalized spacial score (nSPS) is 31.1. The number of fused-ring (bicyclic) bond motifs is 1. The highest BCUT2D eigenvalue weighted by Crippen LogP contribution is 2.35. The topological polar surface area (TPSA) is 32.3 Å². The van der Waals surface area contributed by atoms with Gasteiger partial charge in [-0.2, -0.15) is 0 Å². The first-order chi connectivity index (χ1) is 9.88. The van der Waals surface area contributed by atoms with Gasteiger partial charge in [-0.1, -0.05) is 6.42 Å². The molecule has 0 N–H and O–H groups in total. The summed E-state index contributed by atoms with van der Waals surface area (Å²) in [5.74, 6) is 3.82. The van der Waals surface area contributed by atoms with Crippen molar-refractivity contribution in [2.45, 2.75) is 25.7 Å². The van der Waals surface area contributed by atoms with Crippen LogP contribution < -0.4 is 4.90 Å². The van der Waals surface area contributed by atoms with Crippen molar-refractivity contribution in [3.05, 3.63) is 18.6 Å². The Morgan fingerprint density at radius 3 is 2.70 bits per heavy atom. The fourth-order valence-corrected chi connectivity index (χ4v) is 4.12. The molecule has 1 saturated carbocycles. The van der Waals surface area contributed by atoms with E-state index >= 15 is 0 Å². The second kappa shape index (κ2) is 5.32. The van der Waals surface area contributed by atoms with Gasteiger partial charge in [0.05, 0.1) is 6.20 Å². The second-order valence-electron chi connectivity index (χ2n) is 6.83. The Morgan fingerprint density at radius 2 is 1.95 bits per heavy atom. The Balaban J connectivity index is 1.37. The van der Waals surface area contributed by atoms with Crippen molar-refractivity contribution >= 4 is 5.82 Å². The van der Waals surface area contributed by atoms with Crippen molar-refractivity contribution < 1.29 is 0 Å². The summed E-state index contributed by atoms with van der Waals surface area (Å²) in [4.78, 5) is 13.8. The molecule has 0 spiro atoms. The van der Waals surface area contributed by atoms with Gasteiger partial charge in [-0.15, -0.1) is 0 Å². The number of piperidine rings is 1. The molecule has 4 nitrogen and oxygen atoms in total. The van der Waals surface area contributed by atoms with E-state index in [1.807, 2.05) is 6.20 Å². The standard InChI is InChI=1S/C16H24N4/c1-2-13(3-1)9-19-10-14-4-7-20(12-15(14)11-19)16-8-17-5-6-18-16/h5-6,8,13-15H,1-4,7,9-12H2/t14-,15-/m0/s1. The minimum Gasteiger partial charge on any atom is -0.355 e. The van der Waals surface area contributed by atoms with Crippen LogP contribution in [0.1, 0.15) is 25.7 Å². The predicted octanol–water partition coefficient (Wildman–Crippen LogP) is 2.03. The minimum absolute atomic E-state index is 0.839. The third-order valence-electron chi connectivity index (χ3n) is 5.49. The monoisotopic (exact) mass is 272 g/mol. The summed E-state index contributed by atoms with van der Waals surface area (Å²) in [6.07, 6.45) is 11.2. The Morgan fingerprint density at radius 1 is 1.05 bits per heavy atom. The molecule has 0 amide bonds. The summed E-state index contributed by atoms with van der Waals surface area (Å²) in [5, 5.41) is 0. The van der Waals surface area contributed by atoms with Gasteiger partial charge < -0.3 is 9.80 Å². The largest absolute Gasteiger partial charge is 0.355 e. The van der Waals surface area contributed by atoms with Gasteiger partial charge in [0, 0.05) is 45.1 Å². The first-order valence-electron chi connectivity index (χ1n) is 8.12. The van der Waals surface area contributed by atoms with E-state index in [4.69, 9.17) is 0 Å². The van der Waals surface area contributed by atoms with Gasteiger partial charge in [0.2, 0.25) is 0 Å². The van der Waals surface area contributed by atoms with Crippen LogP contribution in [0.25, 0.3) is 0 Å². The molecule has 108 valence electrons. The highest BCUT2D eigenvalue weighted by atomic mass is 15.2. The maximum Gasteiger partial charge on any atom is 0.147 e. The van der Waals surface area contributed by atoms with Gasteiger partial charge in [0.1, 0.15) is 5.82 Å². The molecule has 1 aliphatic carbocycles. The van der Waals surface area contributed by atoms with Crippen LogP contribution in [-0.4, -0.2) is 47.6 Å². The number of likely N-dealkylation sites (tertiary alicyclic amines) is 1. The van der Waals surface area contributed by atoms with Gasteiger partial charge in [-0.05, 0) is 37.0 Å². The van der Waals surface area contributed by atoms with E-state index in [-0.39, 0.29) is 0 Å². The SMILES string of the molecule is c1cnc(N2CC[C@H]3CN(CC4CCC4)C[C@H]3C2)cn1. The van der Waals surface area contributed by atoms with Crippen LogP contribution in [0.5, 0.6) is 0 Å². The number of hydrogen-bond donors (Lipinski definition) is 0. The van der Waals surface area contributed by atoms with Crippen molar-refractivity contribution in [3.8, 4) is 0 Å². The molecule has 1 aromatic heterocycles. The molecule has 0 radical (unpaired) electrons. The van der Waals surface area contributed by atoms with Gasteiger partial charge in [0.25, 0.3) is 0 Å². The molecule has 0 aromatic carbocycles. The fraction of sp³-hybridized carbons (Fsp3) is 0.750. The van der Waals surface area contributed by atoms with Crippen LogP contribution in [0.15, 0.2) is 18.6 Å². The van der Waals surface area contributed by atoms with Crippen molar-refractivity contribution in [2.24, 2.45) is 17.8 Å². The lowest BCUT2D eigenvalue weighted by molar-refractivity contribution is 0.199. The second-order valence-corrected chi connectivity index (χ2v) is 6.83. The highest BCUT2D eigenvalue weighted by molar-refractivity contribution is 5.36. The number of nitrogens with zero attached hydrogens (tertiary/aromatic N) is 4. The zero-order valence-electron chi connectivity index (χ0n) is 12.1. The molecule has 20 heavy (non-hydrogen) atoms. The summed E-state index contributed by atoms with van der Waals surface area (Å²) in [6.45, 7) is 6.33. The Bertz CT molecular complexity index is 445. The van der Waals surface area contributed by atoms with Crippen LogP contribution in [-0.2, 0) is 0 Å². The van der Waals surface area contributed by atoms with Crippen molar-refractivity contribution in [1.29, 1.82) is 0 Å². The summed E-state index contributed by atoms with van der Waals surface area (Å²) in [5.41, 5.74) is 0. The zero-order valence-corrected chi connectivity index (χ0v) is 12.1. The van der Waals surface area contributed by atoms with Crippen molar-refractivity contribution in [2.75, 3.05) is 37.6 Å². The van der Waals surface area contributed by atoms with E-state index in [0.29, 0.717) is 0 Å². The van der Waals surface area contributed by atoms with E-state index in [9.17, 15) is 0 Å². The molecule has 0 bridgehead atoms. The summed E-state index contributed by atoms with van der Waals surface area (Å²) in [6, 6.07) is 0. The number of anilines is 1. The van der Waals surface area contributed by atoms with Crippen molar-refractivity contribution in [1.82, 2.24) is 14.9 Å². The maximum absolute atomic E-state index is 4.46. The summed E-state index contributed by atoms with van der Waals surface area (Å²) >= 11 is 0. The number of aromatic nitrogens is 2. The first-order valence-corrected chi connectivity index (χ1v) is 8.12. The molecule has 3 fully saturated rings. The predicted molar refractivity (Wildman–Crippen MR) is 79.6 cm³/mol. The molecule has 2 aliphatic heterocycles. The smallest absolute Gasteiger partial charge is 0.147 e. The van der Waals surface area contributed by atoms with E-state index in [2.05, 4.69) is 19.8 Å². The zero-order chi connectivity index (χ0) is 13.4. The molecule has 4 rings (SSSR count). The Hall–Kier alpha value is -1.16. The third-order valence-corrected chi connectivity index (χ3v) is 5.49. The molecule has 2 atom stereocenters. The lowest BCUT2D eigenvalue weighted by Gasteiger charge is -2.34. The maximum atomic E-state index is 4.46. The quantitative estimate of drug-likeness (QED) is 0.843. The van der Waals surface area contributed by atoms with Crippen LogP contribution in [0.4, 0.5) is 5.82 Å². The Labute approximate surface area is 121 Å². The van der Waals surface area contributed by atoms with E-state index in [1.165, 1.54) is 51.9 Å². The summed E-state index contributed by atoms with van der Waals surface area (Å²) in [7, 11) is 0. The molecule has 0 unspecified atom stereocenters. The van der Waals surface area contributed by atoms with Crippen LogP contribution in [0, 0.1) is 17.8 Å². The first kappa shape index (κ1) is 12.6. The molecule has 1 aromatic rings. The highest BCUT2D eigenvalue weighted by Gasteiger charge is 2.38. The van der Waals surface area contributed by atoms with Crippen LogP contribution >= 0.6 is 0 Å². The molecule has 4 heteroatoms. The van der Waals surface area contributed by atoms with Crippen LogP contribution in [0.3, 0.4) is 0 Å². The van der Waals surface area contributed by atoms with Gasteiger partial charge >= 0.3 is 0 Å². The third kappa shape index (κ3) is 2.41. The molecular weight excluding hydrogens is 248 g/mol. The molecule has 3 aliphatic rings. The van der Waals surface area contributed by atoms with E-state index in [0.717, 1.165) is 30.1 Å². The lowest BCUT2D eigenvalue weighted by Crippen LogP contribution is -2.40.